The summed E-state index contributed by atoms with van der Waals surface area (Å²) in [6.45, 7) is 3.60. The Balaban J connectivity index is 2.06. The van der Waals surface area contributed by atoms with Crippen molar-refractivity contribution in [1.29, 1.82) is 0 Å². The van der Waals surface area contributed by atoms with Gasteiger partial charge in [-0.2, -0.15) is 0 Å². The molecule has 0 aliphatic carbocycles. The van der Waals surface area contributed by atoms with Gasteiger partial charge in [0.15, 0.2) is 0 Å². The molecule has 1 fully saturated rings. The van der Waals surface area contributed by atoms with Crippen LogP contribution in [0.2, 0.25) is 0 Å². The molecule has 21 heavy (non-hydrogen) atoms. The number of rotatable bonds is 5. The summed E-state index contributed by atoms with van der Waals surface area (Å²) >= 11 is 0. The monoisotopic (exact) mass is 291 g/mol. The topological polar surface area (TPSA) is 60.8 Å². The quantitative estimate of drug-likeness (QED) is 0.875. The number of aromatic hydroxyl groups is 1. The second-order valence-electron chi connectivity index (χ2n) is 6.15. The highest BCUT2D eigenvalue weighted by Crippen LogP contribution is 2.26. The first kappa shape index (κ1) is 15.8. The van der Waals surface area contributed by atoms with Gasteiger partial charge < -0.3 is 10.2 Å². The maximum absolute atomic E-state index is 11.8. The Kier molecular flexibility index (Phi) is 5.23. The van der Waals surface area contributed by atoms with E-state index in [0.29, 0.717) is 12.8 Å². The molecule has 1 unspecified atom stereocenters. The third-order valence-electron chi connectivity index (χ3n) is 4.60. The summed E-state index contributed by atoms with van der Waals surface area (Å²) in [6.07, 6.45) is 5.87. The van der Waals surface area contributed by atoms with Gasteiger partial charge in [-0.3, -0.25) is 9.69 Å². The van der Waals surface area contributed by atoms with Crippen molar-refractivity contribution in [2.75, 3.05) is 13.1 Å². The molecule has 1 atom stereocenters. The number of carbonyl (C=O) groups is 1. The minimum Gasteiger partial charge on any atom is -0.508 e. The van der Waals surface area contributed by atoms with Gasteiger partial charge in [0.25, 0.3) is 0 Å². The van der Waals surface area contributed by atoms with E-state index >= 15 is 0 Å². The van der Waals surface area contributed by atoms with Gasteiger partial charge in [-0.05, 0) is 63.4 Å². The number of hydrogen-bond acceptors (Lipinski definition) is 3. The lowest BCUT2D eigenvalue weighted by Crippen LogP contribution is -2.53. The van der Waals surface area contributed by atoms with Crippen molar-refractivity contribution in [2.45, 2.75) is 51.0 Å². The Morgan fingerprint density at radius 3 is 2.24 bits per heavy atom. The van der Waals surface area contributed by atoms with E-state index in [9.17, 15) is 15.0 Å². The third-order valence-corrected chi connectivity index (χ3v) is 4.60. The van der Waals surface area contributed by atoms with E-state index < -0.39 is 11.5 Å². The molecule has 1 aliphatic rings. The fourth-order valence-electron chi connectivity index (χ4n) is 3.01. The predicted octanol–water partition coefficient (Wildman–Crippen LogP) is 3.04. The van der Waals surface area contributed by atoms with Crippen LogP contribution in [0.5, 0.6) is 5.75 Å². The highest BCUT2D eigenvalue weighted by molar-refractivity contribution is 5.78. The zero-order valence-corrected chi connectivity index (χ0v) is 12.7. The molecule has 0 saturated carbocycles. The predicted molar refractivity (Wildman–Crippen MR) is 82.5 cm³/mol. The summed E-state index contributed by atoms with van der Waals surface area (Å²) in [5.74, 6) is -0.490. The second kappa shape index (κ2) is 6.94. The number of hydrogen-bond donors (Lipinski definition) is 2. The standard InChI is InChI=1S/C17H25NO3/c1-17(16(20)21,18-12-4-2-3-5-13-18)11-10-14-6-8-15(19)9-7-14/h6-9,19H,2-5,10-13H2,1H3,(H,20,21). The molecule has 116 valence electrons. The number of carboxylic acid groups (broad SMARTS) is 1. The molecule has 0 radical (unpaired) electrons. The van der Waals surface area contributed by atoms with Gasteiger partial charge in [0, 0.05) is 0 Å². The van der Waals surface area contributed by atoms with Gasteiger partial charge in [0.1, 0.15) is 11.3 Å². The van der Waals surface area contributed by atoms with Crippen LogP contribution in [0.1, 0.15) is 44.6 Å². The molecule has 1 aliphatic heterocycles. The van der Waals surface area contributed by atoms with Crippen LogP contribution in [0.25, 0.3) is 0 Å². The van der Waals surface area contributed by atoms with Gasteiger partial charge >= 0.3 is 5.97 Å². The molecular formula is C17H25NO3. The average molecular weight is 291 g/mol. The van der Waals surface area contributed by atoms with Gasteiger partial charge in [0.05, 0.1) is 0 Å². The first-order valence-corrected chi connectivity index (χ1v) is 7.79. The van der Waals surface area contributed by atoms with Crippen molar-refractivity contribution in [3.63, 3.8) is 0 Å². The maximum atomic E-state index is 11.8. The first-order valence-electron chi connectivity index (χ1n) is 7.79. The Morgan fingerprint density at radius 2 is 1.71 bits per heavy atom. The van der Waals surface area contributed by atoms with Crippen LogP contribution in [0.4, 0.5) is 0 Å². The van der Waals surface area contributed by atoms with E-state index in [0.717, 1.165) is 31.5 Å². The SMILES string of the molecule is CC(CCc1ccc(O)cc1)(C(=O)O)N1CCCCCC1. The van der Waals surface area contributed by atoms with Crippen molar-refractivity contribution >= 4 is 5.97 Å². The first-order chi connectivity index (χ1) is 10.0. The number of phenolic OH excluding ortho intramolecular Hbond substituents is 1. The molecule has 0 aromatic heterocycles. The number of aryl methyl sites for hydroxylation is 1. The van der Waals surface area contributed by atoms with E-state index in [1.807, 2.05) is 19.1 Å². The summed E-state index contributed by atoms with van der Waals surface area (Å²) in [7, 11) is 0. The molecule has 0 bridgehead atoms. The lowest BCUT2D eigenvalue weighted by atomic mass is 9.91. The highest BCUT2D eigenvalue weighted by atomic mass is 16.4. The molecular weight excluding hydrogens is 266 g/mol. The van der Waals surface area contributed by atoms with Gasteiger partial charge in [-0.15, -0.1) is 0 Å². The van der Waals surface area contributed by atoms with Gasteiger partial charge in [-0.25, -0.2) is 0 Å². The molecule has 4 heteroatoms. The van der Waals surface area contributed by atoms with Crippen LogP contribution in [0, 0.1) is 0 Å². The zero-order chi connectivity index (χ0) is 15.3. The molecule has 0 amide bonds. The molecule has 1 heterocycles. The van der Waals surface area contributed by atoms with Crippen LogP contribution >= 0.6 is 0 Å². The number of phenols is 1. The Labute approximate surface area is 126 Å². The van der Waals surface area contributed by atoms with Crippen molar-refractivity contribution in [3.8, 4) is 5.75 Å². The Morgan fingerprint density at radius 1 is 1.14 bits per heavy atom. The summed E-state index contributed by atoms with van der Waals surface area (Å²) in [4.78, 5) is 14.0. The average Bonchev–Trinajstić information content (AvgIpc) is 2.75. The van der Waals surface area contributed by atoms with Crippen molar-refractivity contribution in [2.24, 2.45) is 0 Å². The summed E-state index contributed by atoms with van der Waals surface area (Å²) < 4.78 is 0. The minimum absolute atomic E-state index is 0.243. The number of benzene rings is 1. The lowest BCUT2D eigenvalue weighted by Gasteiger charge is -2.37. The third kappa shape index (κ3) is 3.97. The smallest absolute Gasteiger partial charge is 0.323 e. The van der Waals surface area contributed by atoms with Crippen LogP contribution in [0.15, 0.2) is 24.3 Å². The van der Waals surface area contributed by atoms with Crippen molar-refractivity contribution in [3.05, 3.63) is 29.8 Å². The van der Waals surface area contributed by atoms with E-state index in [-0.39, 0.29) is 5.75 Å². The lowest BCUT2D eigenvalue weighted by molar-refractivity contribution is -0.151. The zero-order valence-electron chi connectivity index (χ0n) is 12.7. The number of likely N-dealkylation sites (tertiary alicyclic amines) is 1. The van der Waals surface area contributed by atoms with Crippen molar-refractivity contribution < 1.29 is 15.0 Å². The van der Waals surface area contributed by atoms with E-state index in [2.05, 4.69) is 4.90 Å². The summed E-state index contributed by atoms with van der Waals surface area (Å²) in [6, 6.07) is 7.03. The maximum Gasteiger partial charge on any atom is 0.323 e. The largest absolute Gasteiger partial charge is 0.508 e. The Bertz CT molecular complexity index is 463. The summed E-state index contributed by atoms with van der Waals surface area (Å²) in [5.41, 5.74) is 0.262. The Hall–Kier alpha value is -1.55. The van der Waals surface area contributed by atoms with Crippen LogP contribution in [-0.4, -0.2) is 39.7 Å². The molecule has 2 rings (SSSR count). The number of nitrogens with zero attached hydrogens (tertiary/aromatic N) is 1. The summed E-state index contributed by atoms with van der Waals surface area (Å²) in [5, 5.41) is 19.0. The normalized spacial score (nSPS) is 19.7. The van der Waals surface area contributed by atoms with Crippen molar-refractivity contribution in [1.82, 2.24) is 4.90 Å². The molecule has 4 nitrogen and oxygen atoms in total. The van der Waals surface area contributed by atoms with E-state index in [1.54, 1.807) is 12.1 Å². The molecule has 2 N–H and O–H groups in total. The van der Waals surface area contributed by atoms with Gasteiger partial charge in [-0.1, -0.05) is 25.0 Å². The fraction of sp³-hybridized carbons (Fsp3) is 0.588. The van der Waals surface area contributed by atoms with E-state index in [1.165, 1.54) is 12.8 Å². The number of aliphatic carboxylic acids is 1. The molecule has 1 aromatic rings. The van der Waals surface area contributed by atoms with E-state index in [4.69, 9.17) is 0 Å². The van der Waals surface area contributed by atoms with Gasteiger partial charge in [0.2, 0.25) is 0 Å². The van der Waals surface area contributed by atoms with Crippen LogP contribution in [0.3, 0.4) is 0 Å². The van der Waals surface area contributed by atoms with Crippen LogP contribution < -0.4 is 0 Å². The van der Waals surface area contributed by atoms with Crippen LogP contribution in [-0.2, 0) is 11.2 Å². The minimum atomic E-state index is -0.803. The fourth-order valence-corrected chi connectivity index (χ4v) is 3.01. The number of carboxylic acids is 1. The second-order valence-corrected chi connectivity index (χ2v) is 6.15. The molecule has 1 aromatic carbocycles. The molecule has 0 spiro atoms. The highest BCUT2D eigenvalue weighted by Gasteiger charge is 2.39. The molecule has 1 saturated heterocycles.